The first kappa shape index (κ1) is 24.8. The predicted molar refractivity (Wildman–Crippen MR) is 165 cm³/mol. The fourth-order valence-electron chi connectivity index (χ4n) is 5.30. The summed E-state index contributed by atoms with van der Waals surface area (Å²) in [5.41, 5.74) is 7.37. The Morgan fingerprint density at radius 1 is 0.436 bits per heavy atom. The highest BCUT2D eigenvalue weighted by Gasteiger charge is 2.29. The van der Waals surface area contributed by atoms with Crippen molar-refractivity contribution in [1.29, 1.82) is 0 Å². The molecule has 0 bridgehead atoms. The third-order valence-electron chi connectivity index (χ3n) is 7.02. The normalized spacial score (nSPS) is 10.8. The third-order valence-corrected chi connectivity index (χ3v) is 9.71. The second-order valence-electron chi connectivity index (χ2n) is 9.28. The Morgan fingerprint density at radius 2 is 0.846 bits per heavy atom. The van der Waals surface area contributed by atoms with E-state index in [1.54, 1.807) is 14.2 Å². The van der Waals surface area contributed by atoms with Crippen LogP contribution in [-0.4, -0.2) is 14.2 Å². The van der Waals surface area contributed by atoms with Crippen molar-refractivity contribution in [2.45, 2.75) is 0 Å². The summed E-state index contributed by atoms with van der Waals surface area (Å²) in [4.78, 5) is 0. The van der Waals surface area contributed by atoms with E-state index in [4.69, 9.17) is 9.47 Å². The molecule has 0 fully saturated rings. The lowest BCUT2D eigenvalue weighted by atomic mass is 9.91. The van der Waals surface area contributed by atoms with Gasteiger partial charge in [-0.25, -0.2) is 0 Å². The maximum absolute atomic E-state index is 6.02. The van der Waals surface area contributed by atoms with E-state index in [1.807, 2.05) is 12.1 Å². The number of ether oxygens (including phenoxy) is 2. The van der Waals surface area contributed by atoms with Gasteiger partial charge in [0.05, 0.1) is 14.2 Å². The number of methoxy groups -OCH3 is 2. The Labute approximate surface area is 231 Å². The summed E-state index contributed by atoms with van der Waals surface area (Å²) in [6, 6.07) is 49.4. The van der Waals surface area contributed by atoms with Crippen LogP contribution in [0.5, 0.6) is 11.5 Å². The lowest BCUT2D eigenvalue weighted by Gasteiger charge is -2.16. The lowest BCUT2D eigenvalue weighted by molar-refractivity contribution is 0.405. The molecule has 0 N–H and O–H groups in total. The van der Waals surface area contributed by atoms with Gasteiger partial charge in [-0.2, -0.15) is 0 Å². The Hall–Kier alpha value is -4.52. The Morgan fingerprint density at radius 3 is 1.23 bits per heavy atom. The summed E-state index contributed by atoms with van der Waals surface area (Å²) in [6.45, 7) is 0. The largest absolute Gasteiger partial charge is 0.497 e. The third kappa shape index (κ3) is 4.65. The van der Waals surface area contributed by atoms with Crippen LogP contribution in [0.25, 0.3) is 49.3 Å². The summed E-state index contributed by atoms with van der Waals surface area (Å²) in [7, 11) is 2.44. The van der Waals surface area contributed by atoms with Crippen LogP contribution in [0.3, 0.4) is 0 Å². The van der Waals surface area contributed by atoms with Gasteiger partial charge in [0.25, 0.3) is 0 Å². The van der Waals surface area contributed by atoms with E-state index >= 15 is 0 Å². The maximum atomic E-state index is 6.02. The molecule has 0 saturated carbocycles. The van der Waals surface area contributed by atoms with Gasteiger partial charge >= 0.3 is 0 Å². The lowest BCUT2D eigenvalue weighted by Crippen LogP contribution is -1.88. The smallest absolute Gasteiger partial charge is 0.130 e. The van der Waals surface area contributed by atoms with Crippen molar-refractivity contribution >= 4 is 7.53 Å². The first-order valence-corrected chi connectivity index (χ1v) is 14.4. The fraction of sp³-hybridized carbons (Fsp3) is 0.0556. The molecule has 190 valence electrons. The zero-order valence-corrected chi connectivity index (χ0v) is 22.9. The molecule has 1 aromatic heterocycles. The first-order chi connectivity index (χ1) is 19.3. The molecule has 39 heavy (non-hydrogen) atoms. The van der Waals surface area contributed by atoms with E-state index in [1.165, 1.54) is 44.0 Å². The number of benzene rings is 5. The van der Waals surface area contributed by atoms with Gasteiger partial charge in [0, 0.05) is 27.0 Å². The monoisotopic (exact) mass is 524 g/mol. The van der Waals surface area contributed by atoms with Crippen molar-refractivity contribution in [3.63, 3.8) is 0 Å². The summed E-state index contributed by atoms with van der Waals surface area (Å²) in [6.07, 6.45) is 0. The maximum Gasteiger partial charge on any atom is 0.130 e. The van der Waals surface area contributed by atoms with Crippen LogP contribution in [0.2, 0.25) is 0 Å². The van der Waals surface area contributed by atoms with Gasteiger partial charge in [-0.3, -0.25) is 0 Å². The van der Waals surface area contributed by atoms with Crippen LogP contribution >= 0.6 is 7.53 Å². The molecular formula is C36H29O2P. The second kappa shape index (κ2) is 11.1. The molecule has 0 radical (unpaired) electrons. The Balaban J connectivity index is 1.88. The van der Waals surface area contributed by atoms with Crippen molar-refractivity contribution in [3.8, 4) is 60.8 Å². The zero-order valence-electron chi connectivity index (χ0n) is 22.0. The van der Waals surface area contributed by atoms with E-state index in [-0.39, 0.29) is 0 Å². The molecule has 1 heterocycles. The van der Waals surface area contributed by atoms with E-state index in [2.05, 4.69) is 127 Å². The van der Waals surface area contributed by atoms with Crippen molar-refractivity contribution in [2.24, 2.45) is 0 Å². The second-order valence-corrected chi connectivity index (χ2v) is 11.3. The predicted octanol–water partition coefficient (Wildman–Crippen LogP) is 10.3. The molecule has 0 aliphatic rings. The molecule has 0 unspecified atom stereocenters. The molecule has 0 saturated heterocycles. The number of hydrogen-bond donors (Lipinski definition) is 0. The van der Waals surface area contributed by atoms with Crippen LogP contribution < -0.4 is 9.47 Å². The van der Waals surface area contributed by atoms with Gasteiger partial charge in [-0.1, -0.05) is 129 Å². The van der Waals surface area contributed by atoms with Crippen LogP contribution in [0, 0.1) is 0 Å². The Bertz CT molecular complexity index is 1590. The van der Waals surface area contributed by atoms with Gasteiger partial charge in [0.2, 0.25) is 0 Å². The average Bonchev–Trinajstić information content (AvgIpc) is 3.38. The van der Waals surface area contributed by atoms with Crippen molar-refractivity contribution < 1.29 is 9.47 Å². The summed E-state index contributed by atoms with van der Waals surface area (Å²) in [5, 5.41) is 3.78. The molecule has 2 nitrogen and oxygen atoms in total. The van der Waals surface area contributed by atoms with Crippen LogP contribution in [0.15, 0.2) is 140 Å². The van der Waals surface area contributed by atoms with Crippen molar-refractivity contribution in [3.05, 3.63) is 140 Å². The summed E-state index contributed by atoms with van der Waals surface area (Å²) < 4.78 is 11.8. The molecular weight excluding hydrogens is 495 g/mol. The average molecular weight is 525 g/mol. The molecule has 5 aromatic carbocycles. The van der Waals surface area contributed by atoms with Gasteiger partial charge in [-0.15, -0.1) is 0 Å². The van der Waals surface area contributed by atoms with Gasteiger partial charge < -0.3 is 9.47 Å². The topological polar surface area (TPSA) is 18.5 Å². The first-order valence-electron chi connectivity index (χ1n) is 13.0. The van der Waals surface area contributed by atoms with E-state index in [0.29, 0.717) is 0 Å². The van der Waals surface area contributed by atoms with Crippen LogP contribution in [0.1, 0.15) is 0 Å². The van der Waals surface area contributed by atoms with Gasteiger partial charge in [0.15, 0.2) is 0 Å². The minimum atomic E-state index is -1.04. The standard InChI is InChI=1S/C36H29O2P/c1-37-30-23-24-31(38-2)32(25-30)39-35(28-19-11-5-12-20-28)33(26-15-7-3-8-16-26)34(27-17-9-4-10-18-27)36(39)29-21-13-6-14-22-29/h3-25H,1-2H3. The van der Waals surface area contributed by atoms with Crippen LogP contribution in [0.4, 0.5) is 0 Å². The number of rotatable bonds is 7. The molecule has 3 heteroatoms. The van der Waals surface area contributed by atoms with Gasteiger partial charge in [-0.05, 0) is 40.5 Å². The highest BCUT2D eigenvalue weighted by Crippen LogP contribution is 2.67. The highest BCUT2D eigenvalue weighted by molar-refractivity contribution is 7.64. The van der Waals surface area contributed by atoms with Crippen LogP contribution in [-0.2, 0) is 0 Å². The SMILES string of the molecule is COc1ccc(OC)c(-p2c(-c3ccccc3)c(-c3ccccc3)c(-c3ccccc3)c2-c2ccccc2)c1. The van der Waals surface area contributed by atoms with Crippen molar-refractivity contribution in [2.75, 3.05) is 14.2 Å². The minimum absolute atomic E-state index is 0.822. The van der Waals surface area contributed by atoms with Crippen molar-refractivity contribution in [1.82, 2.24) is 0 Å². The minimum Gasteiger partial charge on any atom is -0.497 e. The van der Waals surface area contributed by atoms with Gasteiger partial charge in [0.1, 0.15) is 11.5 Å². The van der Waals surface area contributed by atoms with E-state index in [0.717, 1.165) is 16.8 Å². The molecule has 0 aliphatic heterocycles. The summed E-state index contributed by atoms with van der Waals surface area (Å²) >= 11 is 0. The quantitative estimate of drug-likeness (QED) is 0.207. The molecule has 0 amide bonds. The van der Waals surface area contributed by atoms with E-state index in [9.17, 15) is 0 Å². The zero-order chi connectivity index (χ0) is 26.6. The molecule has 6 aromatic rings. The summed E-state index contributed by atoms with van der Waals surface area (Å²) in [5.74, 6) is 1.69. The number of hydrogen-bond acceptors (Lipinski definition) is 2. The molecule has 0 spiro atoms. The fourth-order valence-corrected chi connectivity index (χ4v) is 8.39. The Kier molecular flexibility index (Phi) is 7.04. The highest BCUT2D eigenvalue weighted by atomic mass is 31.1. The molecule has 0 aliphatic carbocycles. The molecule has 0 atom stereocenters. The van der Waals surface area contributed by atoms with E-state index < -0.39 is 7.53 Å². The molecule has 6 rings (SSSR count).